The van der Waals surface area contributed by atoms with Crippen LogP contribution in [0.1, 0.15) is 65.2 Å². The van der Waals surface area contributed by atoms with Gasteiger partial charge in [0.25, 0.3) is 0 Å². The fourth-order valence-electron chi connectivity index (χ4n) is 8.79. The molecule has 0 aromatic carbocycles. The maximum atomic E-state index is 12.1. The van der Waals surface area contributed by atoms with Crippen LogP contribution in [0.25, 0.3) is 0 Å². The molecule has 9 atom stereocenters. The van der Waals surface area contributed by atoms with E-state index in [0.29, 0.717) is 22.5 Å². The lowest BCUT2D eigenvalue weighted by atomic mass is 9.44. The van der Waals surface area contributed by atoms with Crippen molar-refractivity contribution in [1.29, 1.82) is 0 Å². The molecular weight excluding hydrogens is 356 g/mol. The number of hydrogen-bond donors (Lipinski definition) is 2. The van der Waals surface area contributed by atoms with Crippen molar-refractivity contribution in [2.75, 3.05) is 13.1 Å². The largest absolute Gasteiger partial charge is 0.393 e. The fraction of sp³-hybridized carbons (Fsp3) is 0.955. The van der Waals surface area contributed by atoms with Gasteiger partial charge >= 0.3 is 0 Å². The van der Waals surface area contributed by atoms with Gasteiger partial charge in [-0.25, -0.2) is 0 Å². The topological polar surface area (TPSA) is 56.1 Å². The molecule has 5 heteroatoms. The first-order chi connectivity index (χ1) is 12.9. The molecule has 5 unspecified atom stereocenters. The van der Waals surface area contributed by atoms with Gasteiger partial charge in [0.1, 0.15) is 0 Å². The Balaban J connectivity index is 1.35. The SMILES string of the molecule is C[C@@]12CCC(O)CC1CCC1C2CC[C@]2(C)C1C[C@@H]1SC3=NCCN3[C@@]12O. The van der Waals surface area contributed by atoms with E-state index in [0.717, 1.165) is 55.8 Å². The van der Waals surface area contributed by atoms with E-state index in [9.17, 15) is 10.2 Å². The molecule has 2 heterocycles. The highest BCUT2D eigenvalue weighted by atomic mass is 32.2. The van der Waals surface area contributed by atoms with E-state index in [-0.39, 0.29) is 11.5 Å². The summed E-state index contributed by atoms with van der Waals surface area (Å²) in [6.45, 7) is 6.72. The standard InChI is InChI=1S/C22H34N2O2S/c1-20-7-5-14(25)11-13(20)3-4-15-16(20)6-8-21(2)17(15)12-18-22(21,26)24-10-9-23-19(24)27-18/h13-18,25-26H,3-12H2,1-2H3/t13?,14?,15?,16?,17?,18-,20+,21+,22+/m0/s1. The van der Waals surface area contributed by atoms with Gasteiger partial charge in [0, 0.05) is 12.0 Å². The average molecular weight is 391 g/mol. The molecule has 1 saturated heterocycles. The van der Waals surface area contributed by atoms with E-state index < -0.39 is 5.72 Å². The summed E-state index contributed by atoms with van der Waals surface area (Å²) >= 11 is 1.87. The minimum Gasteiger partial charge on any atom is -0.393 e. The van der Waals surface area contributed by atoms with Crippen molar-refractivity contribution in [2.24, 2.45) is 39.5 Å². The van der Waals surface area contributed by atoms with E-state index in [1.165, 1.54) is 25.7 Å². The Kier molecular flexibility index (Phi) is 3.55. The van der Waals surface area contributed by atoms with Gasteiger partial charge in [0.05, 0.1) is 17.9 Å². The van der Waals surface area contributed by atoms with Gasteiger partial charge in [-0.2, -0.15) is 0 Å². The van der Waals surface area contributed by atoms with Crippen LogP contribution in [0.2, 0.25) is 0 Å². The molecule has 0 aromatic heterocycles. The predicted molar refractivity (Wildman–Crippen MR) is 108 cm³/mol. The van der Waals surface area contributed by atoms with Gasteiger partial charge in [-0.15, -0.1) is 0 Å². The van der Waals surface area contributed by atoms with Gasteiger partial charge in [0.15, 0.2) is 10.9 Å². The average Bonchev–Trinajstić information content (AvgIpc) is 3.26. The van der Waals surface area contributed by atoms with E-state index in [4.69, 9.17) is 0 Å². The minimum atomic E-state index is -0.677. The lowest BCUT2D eigenvalue weighted by Gasteiger charge is -2.62. The van der Waals surface area contributed by atoms with Crippen molar-refractivity contribution in [1.82, 2.24) is 4.90 Å². The zero-order valence-corrected chi connectivity index (χ0v) is 17.5. The predicted octanol–water partition coefficient (Wildman–Crippen LogP) is 3.48. The first kappa shape index (κ1) is 17.6. The van der Waals surface area contributed by atoms with Crippen molar-refractivity contribution in [3.63, 3.8) is 0 Å². The lowest BCUT2D eigenvalue weighted by Crippen LogP contribution is -2.62. The molecular formula is C22H34N2O2S. The monoisotopic (exact) mass is 390 g/mol. The van der Waals surface area contributed by atoms with Crippen LogP contribution in [0.4, 0.5) is 0 Å². The zero-order valence-electron chi connectivity index (χ0n) is 16.7. The smallest absolute Gasteiger partial charge is 0.162 e. The number of amidine groups is 1. The minimum absolute atomic E-state index is 0.00478. The van der Waals surface area contributed by atoms with Crippen LogP contribution in [0.5, 0.6) is 0 Å². The third kappa shape index (κ3) is 1.97. The van der Waals surface area contributed by atoms with E-state index in [1.54, 1.807) is 0 Å². The summed E-state index contributed by atoms with van der Waals surface area (Å²) in [7, 11) is 0. The molecule has 150 valence electrons. The van der Waals surface area contributed by atoms with Gasteiger partial charge < -0.3 is 15.1 Å². The molecule has 2 aliphatic heterocycles. The summed E-state index contributed by atoms with van der Waals surface area (Å²) in [5.41, 5.74) is -0.259. The molecule has 0 bridgehead atoms. The number of nitrogens with zero attached hydrogens (tertiary/aromatic N) is 2. The molecule has 4 nitrogen and oxygen atoms in total. The quantitative estimate of drug-likeness (QED) is 0.665. The maximum absolute atomic E-state index is 12.1. The molecule has 4 aliphatic carbocycles. The molecule has 2 N–H and O–H groups in total. The normalized spacial score (nSPS) is 58.8. The highest BCUT2D eigenvalue weighted by Crippen LogP contribution is 2.71. The fourth-order valence-corrected chi connectivity index (χ4v) is 10.4. The summed E-state index contributed by atoms with van der Waals surface area (Å²) in [6.07, 6.45) is 9.34. The highest BCUT2D eigenvalue weighted by molar-refractivity contribution is 8.14. The van der Waals surface area contributed by atoms with Gasteiger partial charge in [-0.1, -0.05) is 25.6 Å². The molecule has 0 aromatic rings. The van der Waals surface area contributed by atoms with Gasteiger partial charge in [-0.3, -0.25) is 4.99 Å². The van der Waals surface area contributed by atoms with Crippen molar-refractivity contribution in [2.45, 2.75) is 82.3 Å². The molecule has 27 heavy (non-hydrogen) atoms. The summed E-state index contributed by atoms with van der Waals surface area (Å²) in [4.78, 5) is 6.95. The second-order valence-electron chi connectivity index (χ2n) is 10.9. The van der Waals surface area contributed by atoms with Crippen molar-refractivity contribution in [3.05, 3.63) is 0 Å². The third-order valence-corrected chi connectivity index (χ3v) is 11.6. The summed E-state index contributed by atoms with van der Waals surface area (Å²) in [5, 5.41) is 23.7. The second kappa shape index (κ2) is 5.46. The number of thioether (sulfide) groups is 1. The highest BCUT2D eigenvalue weighted by Gasteiger charge is 2.73. The Labute approximate surface area is 167 Å². The van der Waals surface area contributed by atoms with Gasteiger partial charge in [-0.05, 0) is 80.5 Å². The van der Waals surface area contributed by atoms with Crippen molar-refractivity contribution >= 4 is 16.9 Å². The number of fused-ring (bicyclic) bond motifs is 9. The number of aliphatic imine (C=N–C) groups is 1. The zero-order chi connectivity index (χ0) is 18.6. The molecule has 0 amide bonds. The number of hydrogen-bond acceptors (Lipinski definition) is 5. The van der Waals surface area contributed by atoms with E-state index >= 15 is 0 Å². The van der Waals surface area contributed by atoms with Crippen LogP contribution in [0, 0.1) is 34.5 Å². The summed E-state index contributed by atoms with van der Waals surface area (Å²) in [6, 6.07) is 0. The van der Waals surface area contributed by atoms with Crippen LogP contribution >= 0.6 is 11.8 Å². The molecule has 0 radical (unpaired) electrons. The van der Waals surface area contributed by atoms with Crippen LogP contribution in [-0.2, 0) is 0 Å². The Bertz CT molecular complexity index is 700. The van der Waals surface area contributed by atoms with E-state index in [2.05, 4.69) is 23.7 Å². The molecule has 6 aliphatic rings. The molecule has 0 spiro atoms. The Hall–Kier alpha value is -0.260. The number of aliphatic hydroxyl groups is 2. The van der Waals surface area contributed by atoms with Gasteiger partial charge in [0.2, 0.25) is 0 Å². The van der Waals surface area contributed by atoms with Crippen molar-refractivity contribution < 1.29 is 10.2 Å². The third-order valence-electron chi connectivity index (χ3n) is 10.2. The first-order valence-corrected chi connectivity index (χ1v) is 12.1. The van der Waals surface area contributed by atoms with Crippen LogP contribution in [0.3, 0.4) is 0 Å². The van der Waals surface area contributed by atoms with Crippen LogP contribution in [-0.4, -0.2) is 50.4 Å². The van der Waals surface area contributed by atoms with E-state index in [1.807, 2.05) is 11.8 Å². The molecule has 6 rings (SSSR count). The second-order valence-corrected chi connectivity index (χ2v) is 12.1. The lowest BCUT2D eigenvalue weighted by molar-refractivity contribution is -0.191. The van der Waals surface area contributed by atoms with Crippen LogP contribution in [0.15, 0.2) is 4.99 Å². The van der Waals surface area contributed by atoms with Crippen LogP contribution < -0.4 is 0 Å². The molecule has 5 fully saturated rings. The molecule has 4 saturated carbocycles. The Morgan fingerprint density at radius 2 is 1.93 bits per heavy atom. The first-order valence-electron chi connectivity index (χ1n) is 11.3. The number of rotatable bonds is 0. The van der Waals surface area contributed by atoms with Crippen molar-refractivity contribution in [3.8, 4) is 0 Å². The maximum Gasteiger partial charge on any atom is 0.162 e. The summed E-state index contributed by atoms with van der Waals surface area (Å²) < 4.78 is 0. The number of aliphatic hydroxyl groups excluding tert-OH is 1. The Morgan fingerprint density at radius 1 is 1.07 bits per heavy atom. The summed E-state index contributed by atoms with van der Waals surface area (Å²) in [5.74, 6) is 2.91. The Morgan fingerprint density at radius 3 is 2.78 bits per heavy atom.